The molecule has 0 radical (unpaired) electrons. The third kappa shape index (κ3) is 9.75. The molecule has 3 aromatic heterocycles. The van der Waals surface area contributed by atoms with E-state index in [4.69, 9.17) is 0 Å². The summed E-state index contributed by atoms with van der Waals surface area (Å²) in [5.74, 6) is -8.69. The van der Waals surface area contributed by atoms with Gasteiger partial charge < -0.3 is 13.7 Å². The number of aromatic nitrogens is 3. The highest BCUT2D eigenvalue weighted by Gasteiger charge is 2.45. The van der Waals surface area contributed by atoms with Crippen molar-refractivity contribution in [1.29, 1.82) is 5.26 Å². The van der Waals surface area contributed by atoms with Crippen molar-refractivity contribution in [1.82, 2.24) is 13.7 Å². The Labute approximate surface area is 517 Å². The lowest BCUT2D eigenvalue weighted by Crippen LogP contribution is -2.23. The van der Waals surface area contributed by atoms with Gasteiger partial charge in [0.1, 0.15) is 6.07 Å². The number of halogens is 10. The number of hydrogen-bond acceptors (Lipinski definition) is 1. The first-order valence-corrected chi connectivity index (χ1v) is 30.1. The number of alkyl halides is 10. The average molecular weight is 1230 g/mol. The molecule has 0 amide bonds. The maximum Gasteiger partial charge on any atom is 0.416 e. The predicted molar refractivity (Wildman–Crippen MR) is 345 cm³/mol. The summed E-state index contributed by atoms with van der Waals surface area (Å²) in [6.45, 7) is 8.74. The van der Waals surface area contributed by atoms with E-state index in [1.807, 2.05) is 135 Å². The summed E-state index contributed by atoms with van der Waals surface area (Å²) in [5, 5.41) is 12.8. The summed E-state index contributed by atoms with van der Waals surface area (Å²) < 4.78 is 164. The highest BCUT2D eigenvalue weighted by molar-refractivity contribution is 6.15. The molecule has 454 valence electrons. The van der Waals surface area contributed by atoms with Crippen molar-refractivity contribution in [2.45, 2.75) is 77.1 Å². The first kappa shape index (κ1) is 59.8. The van der Waals surface area contributed by atoms with E-state index < -0.39 is 59.1 Å². The Morgan fingerprint density at radius 1 is 0.440 bits per heavy atom. The zero-order valence-electron chi connectivity index (χ0n) is 49.8. The van der Waals surface area contributed by atoms with Gasteiger partial charge in [-0.1, -0.05) is 173 Å². The molecule has 0 spiro atoms. The summed E-state index contributed by atoms with van der Waals surface area (Å²) in [4.78, 5) is 0. The lowest BCUT2D eigenvalue weighted by molar-refractivity contribution is -0.138. The Hall–Kier alpha value is -10.1. The third-order valence-corrected chi connectivity index (χ3v) is 17.5. The van der Waals surface area contributed by atoms with Gasteiger partial charge in [0.15, 0.2) is 0 Å². The molecule has 8 bridgehead atoms. The van der Waals surface area contributed by atoms with E-state index in [-0.39, 0.29) is 82.9 Å². The maximum absolute atomic E-state index is 18.4. The molecule has 2 unspecified atom stereocenters. The van der Waals surface area contributed by atoms with Gasteiger partial charge in [-0.3, -0.25) is 0 Å². The van der Waals surface area contributed by atoms with Crippen LogP contribution in [0.5, 0.6) is 0 Å². The van der Waals surface area contributed by atoms with Gasteiger partial charge in [0.05, 0.1) is 67.0 Å². The summed E-state index contributed by atoms with van der Waals surface area (Å²) in [6.07, 6.45) is -6.84. The molecule has 0 N–H and O–H groups in total. The fourth-order valence-electron chi connectivity index (χ4n) is 13.7. The first-order chi connectivity index (χ1) is 43.8. The molecule has 5 heterocycles. The summed E-state index contributed by atoms with van der Waals surface area (Å²) in [5.41, 5.74) is 3.31. The van der Waals surface area contributed by atoms with Crippen LogP contribution in [-0.4, -0.2) is 13.7 Å². The van der Waals surface area contributed by atoms with Crippen molar-refractivity contribution >= 4 is 60.6 Å². The standard InChI is InChI=1S/C73H44F10N4.2C2H6/c1-70(74,75)46-23-29-58-51(35-46)52-36-47-24-30-59(52)85(58)67-64(43-18-10-4-11-19-43)57(40-84)65(44-20-12-5-13-21-44)68(86-60-31-25-48(72(78,79)80)37-53(60)54-38-49(73(81,82)83)26-32-61(54)86)69(67)87-62-28-22-45(41-14-6-2-7-15-41)34-55(62)66-56(39-71(47,76)77)50(27-33-63(66)87)42-16-8-3-9-17-42;2*1-2/h2-38,50,56H,39H2,1H3;2*1-2H3. The van der Waals surface area contributed by atoms with E-state index in [9.17, 15) is 5.26 Å². The Kier molecular flexibility index (Phi) is 14.7. The van der Waals surface area contributed by atoms with Gasteiger partial charge in [-0.2, -0.15) is 31.6 Å². The molecule has 1 aliphatic carbocycles. The van der Waals surface area contributed by atoms with Crippen LogP contribution in [0.4, 0.5) is 43.9 Å². The third-order valence-electron chi connectivity index (χ3n) is 17.5. The average Bonchev–Trinajstić information content (AvgIpc) is 1.59. The molecule has 2 atom stereocenters. The first-order valence-electron chi connectivity index (χ1n) is 30.1. The van der Waals surface area contributed by atoms with Gasteiger partial charge >= 0.3 is 12.4 Å². The molecule has 3 aliphatic rings. The highest BCUT2D eigenvalue weighted by atomic mass is 19.4. The van der Waals surface area contributed by atoms with Crippen molar-refractivity contribution in [3.05, 3.63) is 263 Å². The second kappa shape index (κ2) is 22.4. The zero-order valence-corrected chi connectivity index (χ0v) is 49.8. The van der Waals surface area contributed by atoms with Gasteiger partial charge in [-0.25, -0.2) is 17.6 Å². The number of nitriles is 1. The molecule has 14 heteroatoms. The molecule has 91 heavy (non-hydrogen) atoms. The van der Waals surface area contributed by atoms with Crippen LogP contribution >= 0.6 is 0 Å². The van der Waals surface area contributed by atoms with Crippen LogP contribution < -0.4 is 0 Å². The SMILES string of the molecule is CC.CC.CC(F)(F)c1ccc2c(c1)c1cc3ccc1n2-c1c(-c2ccccc2)c(C#N)c(-c2ccccc2)c(-n2c4ccc(C(F)(F)F)cc4c4cc(C(F)(F)F)ccc42)c1-n1c2c(c4cc(-c5ccccc5)ccc41)C(CC3(F)F)C(c1ccccc1)C=C2. The van der Waals surface area contributed by atoms with Crippen LogP contribution in [0.15, 0.2) is 218 Å². The van der Waals surface area contributed by atoms with Gasteiger partial charge in [0.25, 0.3) is 11.8 Å². The molecule has 4 nitrogen and oxygen atoms in total. The number of benzene rings is 10. The predicted octanol–water partition coefficient (Wildman–Crippen LogP) is 23.3. The molecule has 16 rings (SSSR count). The van der Waals surface area contributed by atoms with E-state index in [1.165, 1.54) is 48.5 Å². The zero-order chi connectivity index (χ0) is 64.1. The van der Waals surface area contributed by atoms with Gasteiger partial charge in [-0.15, -0.1) is 0 Å². The number of hydrogen-bond donors (Lipinski definition) is 0. The molecule has 10 aromatic carbocycles. The number of allylic oxidation sites excluding steroid dienone is 1. The highest BCUT2D eigenvalue weighted by Crippen LogP contribution is 2.57. The minimum absolute atomic E-state index is 0.0170. The number of fused-ring (bicyclic) bond motifs is 7. The Morgan fingerprint density at radius 3 is 1.33 bits per heavy atom. The van der Waals surface area contributed by atoms with Crippen LogP contribution in [0.3, 0.4) is 0 Å². The van der Waals surface area contributed by atoms with Gasteiger partial charge in [0.2, 0.25) is 0 Å². The second-order valence-electron chi connectivity index (χ2n) is 22.5. The minimum atomic E-state index is -4.94. The van der Waals surface area contributed by atoms with E-state index in [2.05, 4.69) is 6.07 Å². The molecule has 0 saturated heterocycles. The summed E-state index contributed by atoms with van der Waals surface area (Å²) >= 11 is 0. The molecule has 13 aromatic rings. The molecule has 0 saturated carbocycles. The summed E-state index contributed by atoms with van der Waals surface area (Å²) in [6, 6.07) is 59.1. The van der Waals surface area contributed by atoms with Gasteiger partial charge in [-0.05, 0) is 112 Å². The minimum Gasteiger partial charge on any atom is -0.306 e. The topological polar surface area (TPSA) is 38.6 Å². The van der Waals surface area contributed by atoms with Crippen LogP contribution in [0.25, 0.3) is 111 Å². The quantitative estimate of drug-likeness (QED) is 0.153. The van der Waals surface area contributed by atoms with Crippen LogP contribution in [0.2, 0.25) is 0 Å². The maximum atomic E-state index is 18.4. The number of nitrogens with zero attached hydrogens (tertiary/aromatic N) is 4. The van der Waals surface area contributed by atoms with E-state index in [0.29, 0.717) is 33.3 Å². The number of rotatable bonds is 6. The molecule has 2 aliphatic heterocycles. The monoisotopic (exact) mass is 1230 g/mol. The Bertz CT molecular complexity index is 4990. The van der Waals surface area contributed by atoms with E-state index in [0.717, 1.165) is 47.9 Å². The van der Waals surface area contributed by atoms with Crippen molar-refractivity contribution in [2.24, 2.45) is 0 Å². The molecular weight excluding hydrogens is 1170 g/mol. The lowest BCUT2D eigenvalue weighted by Gasteiger charge is -2.33. The lowest BCUT2D eigenvalue weighted by atomic mass is 9.73. The molecule has 0 fully saturated rings. The fourth-order valence-corrected chi connectivity index (χ4v) is 13.7. The van der Waals surface area contributed by atoms with E-state index in [1.54, 1.807) is 57.7 Å². The van der Waals surface area contributed by atoms with Crippen LogP contribution in [0.1, 0.15) is 97.5 Å². The van der Waals surface area contributed by atoms with Crippen molar-refractivity contribution < 1.29 is 43.9 Å². The fraction of sp³-hybridized carbons (Fsp3) is 0.156. The molecular formula is C77H56F10N4. The van der Waals surface area contributed by atoms with Crippen LogP contribution in [-0.2, 0) is 24.2 Å². The Balaban J connectivity index is 0.00000186. The van der Waals surface area contributed by atoms with Crippen molar-refractivity contribution in [2.75, 3.05) is 0 Å². The van der Waals surface area contributed by atoms with Gasteiger partial charge in [0, 0.05) is 74.4 Å². The largest absolute Gasteiger partial charge is 0.416 e. The summed E-state index contributed by atoms with van der Waals surface area (Å²) in [7, 11) is 0. The normalized spacial score (nSPS) is 15.2. The van der Waals surface area contributed by atoms with Crippen molar-refractivity contribution in [3.8, 4) is 56.5 Å². The smallest absolute Gasteiger partial charge is 0.306 e. The second-order valence-corrected chi connectivity index (χ2v) is 22.5. The van der Waals surface area contributed by atoms with Crippen molar-refractivity contribution in [3.63, 3.8) is 0 Å². The van der Waals surface area contributed by atoms with E-state index >= 15 is 43.9 Å². The van der Waals surface area contributed by atoms with Crippen LogP contribution in [0, 0.1) is 11.3 Å². The Morgan fingerprint density at radius 2 is 0.857 bits per heavy atom.